The maximum Gasteiger partial charge on any atom is 0.341 e. The minimum absolute atomic E-state index is 0.0216. The van der Waals surface area contributed by atoms with Crippen molar-refractivity contribution in [2.45, 2.75) is 18.1 Å². The Morgan fingerprint density at radius 1 is 1.19 bits per heavy atom. The second kappa shape index (κ2) is 9.33. The average molecular weight is 593 g/mol. The number of alkyl halides is 1. The number of hydrogen-bond acceptors (Lipinski definition) is 8. The first-order valence-corrected chi connectivity index (χ1v) is 13.7. The van der Waals surface area contributed by atoms with Crippen molar-refractivity contribution in [2.24, 2.45) is 0 Å². The van der Waals surface area contributed by atoms with Crippen LogP contribution in [0, 0.1) is 11.6 Å². The topological polar surface area (TPSA) is 131 Å². The lowest BCUT2D eigenvalue weighted by molar-refractivity contribution is 0.0695. The van der Waals surface area contributed by atoms with E-state index in [1.807, 2.05) is 16.8 Å². The van der Waals surface area contributed by atoms with Crippen molar-refractivity contribution in [3.05, 3.63) is 58.1 Å². The second-order valence-electron chi connectivity index (χ2n) is 11.1. The normalized spacial score (nSPS) is 20.4. The number of nitrogens with one attached hydrogen (secondary N) is 3. The van der Waals surface area contributed by atoms with Crippen LogP contribution >= 0.6 is 0 Å². The zero-order chi connectivity index (χ0) is 30.4. The van der Waals surface area contributed by atoms with Crippen LogP contribution in [0.1, 0.15) is 16.8 Å². The van der Waals surface area contributed by atoms with Crippen LogP contribution < -0.4 is 21.1 Å². The van der Waals surface area contributed by atoms with Gasteiger partial charge in [0.05, 0.1) is 39.1 Å². The maximum absolute atomic E-state index is 16.2. The Morgan fingerprint density at radius 2 is 1.98 bits per heavy atom. The third-order valence-corrected chi connectivity index (χ3v) is 8.70. The van der Waals surface area contributed by atoms with Crippen LogP contribution in [0.2, 0.25) is 0 Å². The summed E-state index contributed by atoms with van der Waals surface area (Å²) < 4.78 is 48.1. The summed E-state index contributed by atoms with van der Waals surface area (Å²) in [5, 5.41) is 12.8. The molecule has 7 rings (SSSR count). The van der Waals surface area contributed by atoms with E-state index in [1.165, 1.54) is 23.1 Å². The molecule has 2 aliphatic heterocycles. The van der Waals surface area contributed by atoms with Gasteiger partial charge in [0.2, 0.25) is 5.43 Å². The van der Waals surface area contributed by atoms with Crippen LogP contribution in [0.15, 0.2) is 35.5 Å². The number of aromatic nitrogens is 4. The molecule has 5 aromatic rings. The van der Waals surface area contributed by atoms with Gasteiger partial charge in [0.15, 0.2) is 17.3 Å². The van der Waals surface area contributed by atoms with Crippen molar-refractivity contribution in [3.63, 3.8) is 0 Å². The van der Waals surface area contributed by atoms with Gasteiger partial charge >= 0.3 is 5.97 Å². The molecule has 0 unspecified atom stereocenters. The van der Waals surface area contributed by atoms with E-state index in [1.54, 1.807) is 14.1 Å². The standard InChI is InChI=1S/C29H27F3N8O3/c1-33-18-7-17(30)22(31)20-21-24(39-5-4-29(32)12-38(3)11-19(29)39)15(9-35-26(21)37-23(18)20)13-6-14-25(41)16(28(42)43)10-40(34-2)27(14)36-8-13/h6-10,19,33-34H,4-5,11-12H2,1-3H3,(H,35,37)(H,42,43)/t19-,29-/m1/s1. The lowest BCUT2D eigenvalue weighted by Gasteiger charge is -2.30. The van der Waals surface area contributed by atoms with Gasteiger partial charge in [-0.1, -0.05) is 0 Å². The summed E-state index contributed by atoms with van der Waals surface area (Å²) in [5.41, 5.74) is 2.38. The van der Waals surface area contributed by atoms with Crippen molar-refractivity contribution in [2.75, 3.05) is 56.4 Å². The van der Waals surface area contributed by atoms with E-state index in [9.17, 15) is 19.1 Å². The van der Waals surface area contributed by atoms with Crippen molar-refractivity contribution < 1.29 is 23.1 Å². The fourth-order valence-electron chi connectivity index (χ4n) is 6.76. The van der Waals surface area contributed by atoms with Crippen LogP contribution in [0.3, 0.4) is 0 Å². The Bertz CT molecular complexity index is 2060. The van der Waals surface area contributed by atoms with Crippen molar-refractivity contribution in [3.8, 4) is 11.1 Å². The quantitative estimate of drug-likeness (QED) is 0.242. The number of likely N-dealkylation sites (N-methyl/N-ethyl adjacent to an activating group) is 1. The number of nitrogens with zero attached hydrogens (tertiary/aromatic N) is 5. The minimum Gasteiger partial charge on any atom is -0.477 e. The molecule has 0 spiro atoms. The average Bonchev–Trinajstić information content (AvgIpc) is 3.62. The molecule has 0 radical (unpaired) electrons. The summed E-state index contributed by atoms with van der Waals surface area (Å²) in [7, 11) is 4.98. The van der Waals surface area contributed by atoms with Crippen LogP contribution in [-0.2, 0) is 0 Å². The van der Waals surface area contributed by atoms with Gasteiger partial charge in [-0.2, -0.15) is 0 Å². The van der Waals surface area contributed by atoms with Gasteiger partial charge in [0, 0.05) is 75.9 Å². The molecule has 2 atom stereocenters. The number of aromatic carboxylic acids is 1. The van der Waals surface area contributed by atoms with Crippen LogP contribution in [0.5, 0.6) is 0 Å². The summed E-state index contributed by atoms with van der Waals surface area (Å²) >= 11 is 0. The van der Waals surface area contributed by atoms with Gasteiger partial charge in [-0.25, -0.2) is 32.6 Å². The largest absolute Gasteiger partial charge is 0.477 e. The first kappa shape index (κ1) is 27.0. The molecule has 43 heavy (non-hydrogen) atoms. The monoisotopic (exact) mass is 592 g/mol. The van der Waals surface area contributed by atoms with Crippen LogP contribution in [0.4, 0.5) is 24.5 Å². The zero-order valence-corrected chi connectivity index (χ0v) is 23.4. The van der Waals surface area contributed by atoms with Gasteiger partial charge in [0.25, 0.3) is 0 Å². The highest BCUT2D eigenvalue weighted by molar-refractivity contribution is 6.18. The van der Waals surface area contributed by atoms with Crippen molar-refractivity contribution in [1.29, 1.82) is 0 Å². The van der Waals surface area contributed by atoms with Gasteiger partial charge in [-0.05, 0) is 13.1 Å². The van der Waals surface area contributed by atoms with Crippen molar-refractivity contribution in [1.82, 2.24) is 24.5 Å². The minimum atomic E-state index is -1.52. The summed E-state index contributed by atoms with van der Waals surface area (Å²) in [6.45, 7) is 0.948. The molecule has 2 fully saturated rings. The molecule has 2 saturated heterocycles. The molecule has 0 aliphatic carbocycles. The lowest BCUT2D eigenvalue weighted by Crippen LogP contribution is -2.40. The molecule has 0 saturated carbocycles. The predicted molar refractivity (Wildman–Crippen MR) is 157 cm³/mol. The summed E-state index contributed by atoms with van der Waals surface area (Å²) in [4.78, 5) is 41.0. The number of fused-ring (bicyclic) bond motifs is 5. The van der Waals surface area contributed by atoms with E-state index in [0.29, 0.717) is 41.1 Å². The van der Waals surface area contributed by atoms with Gasteiger partial charge in [-0.15, -0.1) is 0 Å². The number of H-pyrrole nitrogens is 1. The van der Waals surface area contributed by atoms with E-state index >= 15 is 8.78 Å². The van der Waals surface area contributed by atoms with E-state index < -0.39 is 40.3 Å². The molecule has 4 aromatic heterocycles. The van der Waals surface area contributed by atoms with Crippen LogP contribution in [0.25, 0.3) is 44.1 Å². The predicted octanol–water partition coefficient (Wildman–Crippen LogP) is 3.52. The number of carboxylic acid groups (broad SMARTS) is 1. The number of carboxylic acids is 1. The Hall–Kier alpha value is -4.85. The fourth-order valence-corrected chi connectivity index (χ4v) is 6.76. The Morgan fingerprint density at radius 3 is 2.70 bits per heavy atom. The third kappa shape index (κ3) is 3.78. The number of halogens is 3. The van der Waals surface area contributed by atoms with Gasteiger partial charge < -0.3 is 30.6 Å². The summed E-state index contributed by atoms with van der Waals surface area (Å²) in [6, 6.07) is 1.98. The highest BCUT2D eigenvalue weighted by atomic mass is 19.2. The molecule has 14 heteroatoms. The number of pyridine rings is 3. The molecule has 11 nitrogen and oxygen atoms in total. The number of carbonyl (C=O) groups is 1. The zero-order valence-electron chi connectivity index (χ0n) is 23.4. The maximum atomic E-state index is 16.2. The highest BCUT2D eigenvalue weighted by Gasteiger charge is 2.54. The lowest BCUT2D eigenvalue weighted by atomic mass is 9.98. The number of benzene rings is 1. The number of likely N-dealkylation sites (tertiary alicyclic amines) is 1. The number of anilines is 2. The Labute approximate surface area is 241 Å². The molecular formula is C29H27F3N8O3. The number of rotatable bonds is 5. The number of hydrogen-bond donors (Lipinski definition) is 4. The van der Waals surface area contributed by atoms with Crippen molar-refractivity contribution >= 4 is 50.3 Å². The molecule has 0 bridgehead atoms. The molecule has 1 aromatic carbocycles. The third-order valence-electron chi connectivity index (χ3n) is 8.70. The van der Waals surface area contributed by atoms with E-state index in [4.69, 9.17) is 0 Å². The summed E-state index contributed by atoms with van der Waals surface area (Å²) in [6.07, 6.45) is 4.41. The number of aromatic amines is 1. The van der Waals surface area contributed by atoms with E-state index in [-0.39, 0.29) is 40.4 Å². The fraction of sp³-hybridized carbons (Fsp3) is 0.310. The van der Waals surface area contributed by atoms with E-state index in [2.05, 4.69) is 25.7 Å². The molecule has 222 valence electrons. The van der Waals surface area contributed by atoms with Gasteiger partial charge in [-0.3, -0.25) is 4.79 Å². The highest BCUT2D eigenvalue weighted by Crippen LogP contribution is 2.48. The van der Waals surface area contributed by atoms with E-state index in [0.717, 1.165) is 12.3 Å². The molecule has 2 aliphatic rings. The molecule has 6 heterocycles. The SMILES string of the molecule is CNc1cc(F)c(F)c2c1[nH]c1ncc(-c3cnc4c(c3)c(=O)c(C(=O)O)cn4NC)c(N3CC[C@@]4(F)CN(C)C[C@@H]34)c12. The van der Waals surface area contributed by atoms with Gasteiger partial charge in [0.1, 0.15) is 16.9 Å². The molecular weight excluding hydrogens is 565 g/mol. The second-order valence-corrected chi connectivity index (χ2v) is 11.1. The Kier molecular flexibility index (Phi) is 5.86. The first-order chi connectivity index (χ1) is 20.6. The van der Waals surface area contributed by atoms with Crippen LogP contribution in [-0.4, -0.2) is 88.1 Å². The molecule has 4 N–H and O–H groups in total. The molecule has 0 amide bonds. The Balaban J connectivity index is 1.58. The first-order valence-electron chi connectivity index (χ1n) is 13.7. The smallest absolute Gasteiger partial charge is 0.341 e. The summed E-state index contributed by atoms with van der Waals surface area (Å²) in [5.74, 6) is -3.53.